The zero-order valence-electron chi connectivity index (χ0n) is 10.8. The van der Waals surface area contributed by atoms with Crippen LogP contribution in [0, 0.1) is 0 Å². The molecule has 1 heterocycles. The van der Waals surface area contributed by atoms with Crippen LogP contribution in [0.15, 0.2) is 65.7 Å². The van der Waals surface area contributed by atoms with Crippen LogP contribution in [0.5, 0.6) is 0 Å². The third kappa shape index (κ3) is 2.09. The molecule has 0 radical (unpaired) electrons. The van der Waals surface area contributed by atoms with Crippen molar-refractivity contribution in [3.8, 4) is 0 Å². The van der Waals surface area contributed by atoms with E-state index in [2.05, 4.69) is 0 Å². The fourth-order valence-electron chi connectivity index (χ4n) is 2.25. The number of hydrogen-bond acceptors (Lipinski definition) is 3. The summed E-state index contributed by atoms with van der Waals surface area (Å²) in [6.07, 6.45) is 1.37. The maximum Gasteiger partial charge on any atom is 0.336 e. The van der Waals surface area contributed by atoms with Crippen molar-refractivity contribution in [2.45, 2.75) is 4.90 Å². The number of aromatic nitrogens is 1. The molecule has 0 atom stereocenters. The fourth-order valence-corrected chi connectivity index (χ4v) is 3.61. The number of nitrogens with zero attached hydrogens (tertiary/aromatic N) is 1. The number of hydrogen-bond donors (Lipinski definition) is 1. The van der Waals surface area contributed by atoms with Crippen LogP contribution in [0.1, 0.15) is 10.4 Å². The van der Waals surface area contributed by atoms with Gasteiger partial charge < -0.3 is 5.11 Å². The first kappa shape index (κ1) is 13.4. The van der Waals surface area contributed by atoms with Crippen molar-refractivity contribution in [3.05, 3.63) is 66.4 Å². The molecule has 3 rings (SSSR count). The molecule has 0 bridgehead atoms. The molecule has 106 valence electrons. The van der Waals surface area contributed by atoms with E-state index in [-0.39, 0.29) is 10.5 Å². The van der Waals surface area contributed by atoms with Gasteiger partial charge in [0.1, 0.15) is 0 Å². The van der Waals surface area contributed by atoms with Crippen molar-refractivity contribution in [3.63, 3.8) is 0 Å². The minimum Gasteiger partial charge on any atom is -0.478 e. The Morgan fingerprint density at radius 1 is 0.952 bits per heavy atom. The zero-order chi connectivity index (χ0) is 15.0. The molecule has 1 aromatic heterocycles. The smallest absolute Gasteiger partial charge is 0.336 e. The quantitative estimate of drug-likeness (QED) is 0.806. The van der Waals surface area contributed by atoms with Gasteiger partial charge in [-0.05, 0) is 30.3 Å². The molecule has 0 spiro atoms. The molecular formula is C15H11NO4S. The predicted molar refractivity (Wildman–Crippen MR) is 77.9 cm³/mol. The summed E-state index contributed by atoms with van der Waals surface area (Å²) in [7, 11) is -3.74. The summed E-state index contributed by atoms with van der Waals surface area (Å²) < 4.78 is 26.3. The first-order chi connectivity index (χ1) is 10.0. The summed E-state index contributed by atoms with van der Waals surface area (Å²) in [4.78, 5) is 11.3. The van der Waals surface area contributed by atoms with Gasteiger partial charge in [-0.25, -0.2) is 17.2 Å². The number of carboxylic acids is 1. The van der Waals surface area contributed by atoms with Gasteiger partial charge in [-0.3, -0.25) is 0 Å². The second-order valence-electron chi connectivity index (χ2n) is 4.47. The third-order valence-corrected chi connectivity index (χ3v) is 4.93. The molecule has 0 amide bonds. The Balaban J connectivity index is 2.28. The molecule has 0 fully saturated rings. The summed E-state index contributed by atoms with van der Waals surface area (Å²) in [5.41, 5.74) is 0.424. The van der Waals surface area contributed by atoms with Crippen molar-refractivity contribution in [2.75, 3.05) is 0 Å². The lowest BCUT2D eigenvalue weighted by Crippen LogP contribution is -2.11. The van der Waals surface area contributed by atoms with Crippen molar-refractivity contribution in [2.24, 2.45) is 0 Å². The fraction of sp³-hybridized carbons (Fsp3) is 0. The lowest BCUT2D eigenvalue weighted by Gasteiger charge is -2.07. The number of rotatable bonds is 3. The van der Waals surface area contributed by atoms with Crippen LogP contribution in [-0.2, 0) is 10.0 Å². The van der Waals surface area contributed by atoms with E-state index >= 15 is 0 Å². The summed E-state index contributed by atoms with van der Waals surface area (Å²) in [6.45, 7) is 0. The molecule has 0 aliphatic carbocycles. The minimum absolute atomic E-state index is 0.0783. The molecule has 3 aromatic rings. The van der Waals surface area contributed by atoms with E-state index in [9.17, 15) is 13.2 Å². The minimum atomic E-state index is -3.74. The molecule has 0 saturated heterocycles. The number of carbonyl (C=O) groups is 1. The normalized spacial score (nSPS) is 11.6. The van der Waals surface area contributed by atoms with Gasteiger partial charge in [0.15, 0.2) is 0 Å². The Morgan fingerprint density at radius 3 is 2.33 bits per heavy atom. The van der Waals surface area contributed by atoms with Crippen molar-refractivity contribution in [1.29, 1.82) is 0 Å². The molecule has 1 N–H and O–H groups in total. The van der Waals surface area contributed by atoms with Crippen LogP contribution in [0.4, 0.5) is 0 Å². The highest BCUT2D eigenvalue weighted by atomic mass is 32.2. The van der Waals surface area contributed by atoms with E-state index in [0.29, 0.717) is 10.9 Å². The molecule has 6 heteroatoms. The van der Waals surface area contributed by atoms with Crippen LogP contribution in [0.25, 0.3) is 10.9 Å². The second kappa shape index (κ2) is 4.75. The summed E-state index contributed by atoms with van der Waals surface area (Å²) >= 11 is 0. The highest BCUT2D eigenvalue weighted by Crippen LogP contribution is 2.24. The van der Waals surface area contributed by atoms with E-state index in [1.54, 1.807) is 24.3 Å². The van der Waals surface area contributed by atoms with E-state index in [1.807, 2.05) is 0 Å². The average Bonchev–Trinajstić information content (AvgIpc) is 2.92. The van der Waals surface area contributed by atoms with Gasteiger partial charge in [0, 0.05) is 11.6 Å². The first-order valence-electron chi connectivity index (χ1n) is 6.16. The third-order valence-electron chi connectivity index (χ3n) is 3.23. The first-order valence-corrected chi connectivity index (χ1v) is 7.60. The van der Waals surface area contributed by atoms with Crippen LogP contribution in [0.2, 0.25) is 0 Å². The second-order valence-corrected chi connectivity index (χ2v) is 6.29. The average molecular weight is 301 g/mol. The van der Waals surface area contributed by atoms with Crippen LogP contribution in [-0.4, -0.2) is 23.5 Å². The highest BCUT2D eigenvalue weighted by Gasteiger charge is 2.20. The van der Waals surface area contributed by atoms with Crippen molar-refractivity contribution in [1.82, 2.24) is 3.97 Å². The molecular weight excluding hydrogens is 290 g/mol. The Hall–Kier alpha value is -2.60. The molecule has 21 heavy (non-hydrogen) atoms. The number of carboxylic acid groups (broad SMARTS) is 1. The molecule has 0 aliphatic heterocycles. The van der Waals surface area contributed by atoms with Crippen LogP contribution >= 0.6 is 0 Å². The van der Waals surface area contributed by atoms with Gasteiger partial charge in [0.05, 0.1) is 16.0 Å². The highest BCUT2D eigenvalue weighted by molar-refractivity contribution is 7.90. The molecule has 2 aromatic carbocycles. The predicted octanol–water partition coefficient (Wildman–Crippen LogP) is 2.58. The molecule has 0 unspecified atom stereocenters. The number of benzene rings is 2. The summed E-state index contributed by atoms with van der Waals surface area (Å²) in [5.74, 6) is -1.09. The maximum atomic E-state index is 12.6. The number of aromatic carboxylic acids is 1. The van der Waals surface area contributed by atoms with Gasteiger partial charge in [0.25, 0.3) is 10.0 Å². The van der Waals surface area contributed by atoms with E-state index in [1.165, 1.54) is 36.5 Å². The zero-order valence-corrected chi connectivity index (χ0v) is 11.6. The Labute approximate surface area is 121 Å². The lowest BCUT2D eigenvalue weighted by atomic mass is 10.1. The SMILES string of the molecule is O=C(O)c1cccc2c1ccn2S(=O)(=O)c1ccccc1. The molecule has 0 saturated carbocycles. The van der Waals surface area contributed by atoms with Gasteiger partial charge in [-0.15, -0.1) is 0 Å². The van der Waals surface area contributed by atoms with Crippen LogP contribution < -0.4 is 0 Å². The van der Waals surface area contributed by atoms with Gasteiger partial charge in [0.2, 0.25) is 0 Å². The van der Waals surface area contributed by atoms with E-state index in [4.69, 9.17) is 5.11 Å². The monoisotopic (exact) mass is 301 g/mol. The maximum absolute atomic E-state index is 12.6. The van der Waals surface area contributed by atoms with Gasteiger partial charge in [-0.1, -0.05) is 24.3 Å². The van der Waals surface area contributed by atoms with Crippen LogP contribution in [0.3, 0.4) is 0 Å². The van der Waals surface area contributed by atoms with Gasteiger partial charge in [-0.2, -0.15) is 0 Å². The Kier molecular flexibility index (Phi) is 3.03. The number of fused-ring (bicyclic) bond motifs is 1. The Morgan fingerprint density at radius 2 is 1.67 bits per heavy atom. The molecule has 5 nitrogen and oxygen atoms in total. The summed E-state index contributed by atoms with van der Waals surface area (Å²) in [6, 6.07) is 14.1. The van der Waals surface area contributed by atoms with Gasteiger partial charge >= 0.3 is 5.97 Å². The lowest BCUT2D eigenvalue weighted by molar-refractivity contribution is 0.0699. The van der Waals surface area contributed by atoms with E-state index in [0.717, 1.165) is 3.97 Å². The largest absolute Gasteiger partial charge is 0.478 e. The molecule has 0 aliphatic rings. The Bertz CT molecular complexity index is 927. The topological polar surface area (TPSA) is 76.4 Å². The van der Waals surface area contributed by atoms with E-state index < -0.39 is 16.0 Å². The van der Waals surface area contributed by atoms with Crippen molar-refractivity contribution < 1.29 is 18.3 Å². The summed E-state index contributed by atoms with van der Waals surface area (Å²) in [5, 5.41) is 9.55. The van der Waals surface area contributed by atoms with Crippen molar-refractivity contribution >= 4 is 26.9 Å². The standard InChI is InChI=1S/C15H11NO4S/c17-15(18)13-7-4-8-14-12(13)9-10-16(14)21(19,20)11-5-2-1-3-6-11/h1-10H,(H,17,18).